The lowest BCUT2D eigenvalue weighted by molar-refractivity contribution is -0.110. The molecule has 104 valence electrons. The molecule has 0 fully saturated rings. The summed E-state index contributed by atoms with van der Waals surface area (Å²) in [5.41, 5.74) is 1.97. The Morgan fingerprint density at radius 2 is 1.29 bits per heavy atom. The average Bonchev–Trinajstić information content (AvgIpc) is 2.52. The van der Waals surface area contributed by atoms with Crippen LogP contribution in [0.2, 0.25) is 0 Å². The van der Waals surface area contributed by atoms with Crippen LogP contribution in [-0.2, 0) is 4.79 Å². The lowest BCUT2D eigenvalue weighted by Gasteiger charge is -1.95. The summed E-state index contributed by atoms with van der Waals surface area (Å²) in [7, 11) is 0. The zero-order valence-corrected chi connectivity index (χ0v) is 11.3. The molecule has 1 N–H and O–H groups in total. The van der Waals surface area contributed by atoms with Gasteiger partial charge < -0.3 is 5.11 Å². The van der Waals surface area contributed by atoms with Crippen LogP contribution in [0.25, 0.3) is 12.2 Å². The van der Waals surface area contributed by atoms with E-state index in [9.17, 15) is 9.59 Å². The molecule has 0 saturated carbocycles. The van der Waals surface area contributed by atoms with E-state index in [1.807, 2.05) is 30.3 Å². The molecule has 0 spiro atoms. The Hall–Kier alpha value is -2.94. The van der Waals surface area contributed by atoms with Crippen molar-refractivity contribution in [2.24, 2.45) is 0 Å². The van der Waals surface area contributed by atoms with Crippen molar-refractivity contribution in [3.8, 4) is 0 Å². The van der Waals surface area contributed by atoms with E-state index in [-0.39, 0.29) is 11.3 Å². The summed E-state index contributed by atoms with van der Waals surface area (Å²) in [6.45, 7) is 0. The van der Waals surface area contributed by atoms with E-state index in [2.05, 4.69) is 0 Å². The van der Waals surface area contributed by atoms with Crippen molar-refractivity contribution < 1.29 is 14.7 Å². The van der Waals surface area contributed by atoms with Gasteiger partial charge in [0.15, 0.2) is 5.78 Å². The molecule has 0 saturated heterocycles. The second kappa shape index (κ2) is 7.01. The van der Waals surface area contributed by atoms with Crippen LogP contribution in [-0.4, -0.2) is 16.9 Å². The number of benzene rings is 2. The van der Waals surface area contributed by atoms with Crippen LogP contribution in [0.1, 0.15) is 21.5 Å². The summed E-state index contributed by atoms with van der Waals surface area (Å²) in [5.74, 6) is -1.09. The third-order valence-electron chi connectivity index (χ3n) is 2.84. The van der Waals surface area contributed by atoms with Crippen molar-refractivity contribution in [1.29, 1.82) is 0 Å². The largest absolute Gasteiger partial charge is 0.478 e. The predicted octanol–water partition coefficient (Wildman–Crippen LogP) is 3.68. The Balaban J connectivity index is 1.99. The fourth-order valence-corrected chi connectivity index (χ4v) is 1.71. The molecule has 0 aliphatic rings. The van der Waals surface area contributed by atoms with Crippen LogP contribution in [0.5, 0.6) is 0 Å². The third-order valence-corrected chi connectivity index (χ3v) is 2.84. The number of rotatable bonds is 5. The zero-order chi connectivity index (χ0) is 15.1. The van der Waals surface area contributed by atoms with Crippen LogP contribution in [0.4, 0.5) is 0 Å². The molecule has 0 unspecified atom stereocenters. The predicted molar refractivity (Wildman–Crippen MR) is 82.9 cm³/mol. The summed E-state index contributed by atoms with van der Waals surface area (Å²) >= 11 is 0. The molecular weight excluding hydrogens is 264 g/mol. The number of aromatic carboxylic acids is 1. The van der Waals surface area contributed by atoms with Gasteiger partial charge in [0.05, 0.1) is 5.56 Å². The van der Waals surface area contributed by atoms with Crippen LogP contribution in [0, 0.1) is 0 Å². The number of hydrogen-bond donors (Lipinski definition) is 1. The molecule has 3 heteroatoms. The van der Waals surface area contributed by atoms with Gasteiger partial charge in [-0.05, 0) is 35.4 Å². The number of carbonyl (C=O) groups is 2. The fraction of sp³-hybridized carbons (Fsp3) is 0. The van der Waals surface area contributed by atoms with Gasteiger partial charge in [0.2, 0.25) is 0 Å². The SMILES string of the molecule is O=C(C=Cc1ccccc1)C=Cc1ccc(C(=O)O)cc1. The highest BCUT2D eigenvalue weighted by atomic mass is 16.4. The molecule has 21 heavy (non-hydrogen) atoms. The lowest BCUT2D eigenvalue weighted by atomic mass is 10.1. The Labute approximate surface area is 122 Å². The number of ketones is 1. The highest BCUT2D eigenvalue weighted by molar-refractivity contribution is 6.04. The van der Waals surface area contributed by atoms with E-state index < -0.39 is 5.97 Å². The van der Waals surface area contributed by atoms with Gasteiger partial charge >= 0.3 is 5.97 Å². The van der Waals surface area contributed by atoms with Crippen molar-refractivity contribution in [1.82, 2.24) is 0 Å². The van der Waals surface area contributed by atoms with Crippen LogP contribution in [0.15, 0.2) is 66.7 Å². The first-order chi connectivity index (χ1) is 10.1. The maximum atomic E-state index is 11.7. The van der Waals surface area contributed by atoms with Crippen molar-refractivity contribution >= 4 is 23.9 Å². The van der Waals surface area contributed by atoms with Gasteiger partial charge in [-0.25, -0.2) is 4.79 Å². The first-order valence-corrected chi connectivity index (χ1v) is 6.44. The summed E-state index contributed by atoms with van der Waals surface area (Å²) < 4.78 is 0. The molecule has 2 rings (SSSR count). The van der Waals surface area contributed by atoms with Crippen LogP contribution >= 0.6 is 0 Å². The minimum atomic E-state index is -0.965. The molecule has 0 atom stereocenters. The van der Waals surface area contributed by atoms with Gasteiger partial charge in [0, 0.05) is 0 Å². The van der Waals surface area contributed by atoms with Gasteiger partial charge in [0.1, 0.15) is 0 Å². The van der Waals surface area contributed by atoms with Crippen molar-refractivity contribution in [2.45, 2.75) is 0 Å². The second-order valence-corrected chi connectivity index (χ2v) is 4.41. The topological polar surface area (TPSA) is 54.4 Å². The molecule has 0 aliphatic heterocycles. The first-order valence-electron chi connectivity index (χ1n) is 6.44. The molecule has 0 amide bonds. The van der Waals surface area contributed by atoms with Gasteiger partial charge in [-0.15, -0.1) is 0 Å². The summed E-state index contributed by atoms with van der Waals surface area (Å²) in [4.78, 5) is 22.4. The highest BCUT2D eigenvalue weighted by Gasteiger charge is 2.00. The maximum Gasteiger partial charge on any atom is 0.335 e. The van der Waals surface area contributed by atoms with E-state index in [4.69, 9.17) is 5.11 Å². The van der Waals surface area contributed by atoms with Crippen LogP contribution < -0.4 is 0 Å². The lowest BCUT2D eigenvalue weighted by Crippen LogP contribution is -1.94. The molecule has 0 radical (unpaired) electrons. The van der Waals surface area contributed by atoms with Gasteiger partial charge in [0.25, 0.3) is 0 Å². The zero-order valence-electron chi connectivity index (χ0n) is 11.3. The average molecular weight is 278 g/mol. The standard InChI is InChI=1S/C18H14O3/c19-17(12-8-14-4-2-1-3-5-14)13-9-15-6-10-16(11-7-15)18(20)21/h1-13H,(H,20,21). The fourth-order valence-electron chi connectivity index (χ4n) is 1.71. The number of carbonyl (C=O) groups excluding carboxylic acids is 1. The molecule has 0 aromatic heterocycles. The summed E-state index contributed by atoms with van der Waals surface area (Å²) in [5, 5.41) is 8.79. The quantitative estimate of drug-likeness (QED) is 0.849. The maximum absolute atomic E-state index is 11.7. The number of carboxylic acid groups (broad SMARTS) is 1. The number of carboxylic acids is 1. The number of hydrogen-bond acceptors (Lipinski definition) is 2. The molecule has 0 bridgehead atoms. The van der Waals surface area contributed by atoms with Crippen molar-refractivity contribution in [3.05, 3.63) is 83.4 Å². The van der Waals surface area contributed by atoms with E-state index in [0.717, 1.165) is 11.1 Å². The van der Waals surface area contributed by atoms with Crippen LogP contribution in [0.3, 0.4) is 0 Å². The Morgan fingerprint density at radius 1 is 0.762 bits per heavy atom. The summed E-state index contributed by atoms with van der Waals surface area (Å²) in [6, 6.07) is 15.9. The normalized spacial score (nSPS) is 11.0. The van der Waals surface area contributed by atoms with Gasteiger partial charge in [-0.2, -0.15) is 0 Å². The van der Waals surface area contributed by atoms with Crippen molar-refractivity contribution in [2.75, 3.05) is 0 Å². The number of allylic oxidation sites excluding steroid dienone is 2. The monoisotopic (exact) mass is 278 g/mol. The molecule has 0 heterocycles. The van der Waals surface area contributed by atoms with E-state index in [0.29, 0.717) is 0 Å². The van der Waals surface area contributed by atoms with Crippen molar-refractivity contribution in [3.63, 3.8) is 0 Å². The molecule has 2 aromatic carbocycles. The molecule has 2 aromatic rings. The Bertz CT molecular complexity index is 680. The molecular formula is C18H14O3. The molecule has 0 aliphatic carbocycles. The first kappa shape index (κ1) is 14.5. The summed E-state index contributed by atoms with van der Waals surface area (Å²) in [6.07, 6.45) is 6.36. The smallest absolute Gasteiger partial charge is 0.335 e. The minimum Gasteiger partial charge on any atom is -0.478 e. The highest BCUT2D eigenvalue weighted by Crippen LogP contribution is 2.07. The second-order valence-electron chi connectivity index (χ2n) is 4.41. The van der Waals surface area contributed by atoms with E-state index in [1.165, 1.54) is 24.3 Å². The Kier molecular flexibility index (Phi) is 4.83. The van der Waals surface area contributed by atoms with E-state index in [1.54, 1.807) is 24.3 Å². The minimum absolute atomic E-state index is 0.124. The third kappa shape index (κ3) is 4.58. The molecule has 3 nitrogen and oxygen atoms in total. The van der Waals surface area contributed by atoms with E-state index >= 15 is 0 Å². The van der Waals surface area contributed by atoms with Gasteiger partial charge in [-0.3, -0.25) is 4.79 Å². The van der Waals surface area contributed by atoms with Gasteiger partial charge in [-0.1, -0.05) is 54.6 Å². The Morgan fingerprint density at radius 3 is 1.81 bits per heavy atom.